The minimum Gasteiger partial charge on any atom is -0.348 e. The van der Waals surface area contributed by atoms with Gasteiger partial charge in [0.2, 0.25) is 0 Å². The highest BCUT2D eigenvalue weighted by Gasteiger charge is 2.58. The van der Waals surface area contributed by atoms with Gasteiger partial charge in [-0.3, -0.25) is 14.4 Å². The summed E-state index contributed by atoms with van der Waals surface area (Å²) in [5.41, 5.74) is -0.238. The Morgan fingerprint density at radius 2 is 1.82 bits per heavy atom. The molecule has 184 valence electrons. The van der Waals surface area contributed by atoms with E-state index < -0.39 is 41.1 Å². The van der Waals surface area contributed by atoms with E-state index in [-0.39, 0.29) is 11.6 Å². The summed E-state index contributed by atoms with van der Waals surface area (Å²) >= 11 is 0. The van der Waals surface area contributed by atoms with Gasteiger partial charge in [0.05, 0.1) is 12.0 Å². The minimum absolute atomic E-state index is 0.0914. The predicted octanol–water partition coefficient (Wildman–Crippen LogP) is 4.32. The topological polar surface area (TPSA) is 75.3 Å². The Morgan fingerprint density at radius 3 is 2.45 bits per heavy atom. The van der Waals surface area contributed by atoms with E-state index in [4.69, 9.17) is 0 Å². The number of amides is 2. The summed E-state index contributed by atoms with van der Waals surface area (Å²) in [4.78, 5) is 37.7. The normalized spacial score (nSPS) is 39.8. The summed E-state index contributed by atoms with van der Waals surface area (Å²) in [7, 11) is 0. The Morgan fingerprint density at radius 1 is 1.12 bits per heavy atom. The van der Waals surface area contributed by atoms with Crippen molar-refractivity contribution in [2.24, 2.45) is 34.5 Å². The first-order valence-corrected chi connectivity index (χ1v) is 12.2. The maximum Gasteiger partial charge on any atom is 0.393 e. The van der Waals surface area contributed by atoms with Crippen molar-refractivity contribution in [2.45, 2.75) is 90.9 Å². The number of alkyl halides is 3. The molecule has 33 heavy (non-hydrogen) atoms. The van der Waals surface area contributed by atoms with Crippen LogP contribution in [0.25, 0.3) is 0 Å². The van der Waals surface area contributed by atoms with Crippen molar-refractivity contribution in [1.82, 2.24) is 10.6 Å². The molecule has 4 aliphatic rings. The summed E-state index contributed by atoms with van der Waals surface area (Å²) in [6, 6.07) is -1.82. The first-order valence-electron chi connectivity index (χ1n) is 12.2. The number of nitrogens with one attached hydrogen (secondary N) is 2. The summed E-state index contributed by atoms with van der Waals surface area (Å²) in [5, 5.41) is 5.19. The molecule has 8 atom stereocenters. The van der Waals surface area contributed by atoms with Gasteiger partial charge in [-0.25, -0.2) is 0 Å². The monoisotopic (exact) mass is 468 g/mol. The van der Waals surface area contributed by atoms with E-state index in [1.807, 2.05) is 0 Å². The van der Waals surface area contributed by atoms with E-state index in [1.165, 1.54) is 19.3 Å². The van der Waals surface area contributed by atoms with Crippen LogP contribution in [0.2, 0.25) is 0 Å². The van der Waals surface area contributed by atoms with Gasteiger partial charge >= 0.3 is 6.18 Å². The quantitative estimate of drug-likeness (QED) is 0.604. The van der Waals surface area contributed by atoms with Crippen LogP contribution in [0.15, 0.2) is 11.6 Å². The highest BCUT2D eigenvalue weighted by Crippen LogP contribution is 2.63. The largest absolute Gasteiger partial charge is 0.393 e. The molecule has 2 amide bonds. The van der Waals surface area contributed by atoms with Crippen LogP contribution in [0.5, 0.6) is 0 Å². The molecule has 0 saturated heterocycles. The molecule has 3 aliphatic carbocycles. The van der Waals surface area contributed by atoms with E-state index in [0.717, 1.165) is 39.5 Å². The third-order valence-electron chi connectivity index (χ3n) is 9.55. The molecule has 3 fully saturated rings. The zero-order valence-corrected chi connectivity index (χ0v) is 19.8. The molecule has 1 heterocycles. The summed E-state index contributed by atoms with van der Waals surface area (Å²) < 4.78 is 39.7. The van der Waals surface area contributed by atoms with Crippen molar-refractivity contribution in [2.75, 3.05) is 0 Å². The smallest absolute Gasteiger partial charge is 0.348 e. The van der Waals surface area contributed by atoms with Crippen LogP contribution in [0.1, 0.15) is 72.6 Å². The number of fused-ring (bicyclic) bond motifs is 5. The van der Waals surface area contributed by atoms with E-state index >= 15 is 0 Å². The van der Waals surface area contributed by atoms with Gasteiger partial charge in [0.15, 0.2) is 5.78 Å². The molecule has 3 unspecified atom stereocenters. The molecular weight excluding hydrogens is 433 g/mol. The molecule has 1 aliphatic heterocycles. The van der Waals surface area contributed by atoms with Crippen molar-refractivity contribution in [1.29, 1.82) is 0 Å². The van der Waals surface area contributed by atoms with Crippen molar-refractivity contribution < 1.29 is 27.6 Å². The number of rotatable bonds is 4. The van der Waals surface area contributed by atoms with E-state index in [2.05, 4.69) is 24.5 Å². The number of carbonyl (C=O) groups excluding carboxylic acids is 3. The molecule has 0 aromatic rings. The van der Waals surface area contributed by atoms with Crippen LogP contribution < -0.4 is 10.6 Å². The van der Waals surface area contributed by atoms with Crippen molar-refractivity contribution in [3.8, 4) is 0 Å². The van der Waals surface area contributed by atoms with Gasteiger partial charge in [-0.1, -0.05) is 33.3 Å². The van der Waals surface area contributed by atoms with Crippen LogP contribution in [0.4, 0.5) is 13.2 Å². The molecule has 0 aromatic heterocycles. The van der Waals surface area contributed by atoms with Gasteiger partial charge in [0.25, 0.3) is 11.8 Å². The van der Waals surface area contributed by atoms with Crippen molar-refractivity contribution in [3.05, 3.63) is 11.6 Å². The lowest BCUT2D eigenvalue weighted by atomic mass is 9.48. The van der Waals surface area contributed by atoms with Gasteiger partial charge in [0.1, 0.15) is 5.57 Å². The van der Waals surface area contributed by atoms with Gasteiger partial charge in [-0.05, 0) is 68.6 Å². The Labute approximate surface area is 193 Å². The number of ketones is 1. The Hall–Kier alpha value is -1.86. The average molecular weight is 469 g/mol. The number of halogens is 3. The lowest BCUT2D eigenvalue weighted by Crippen LogP contribution is -2.61. The van der Waals surface area contributed by atoms with Gasteiger partial charge in [0, 0.05) is 11.5 Å². The third kappa shape index (κ3) is 4.01. The molecule has 0 radical (unpaired) electrons. The molecule has 8 heteroatoms. The summed E-state index contributed by atoms with van der Waals surface area (Å²) in [6.07, 6.45) is 4.83. The number of Topliss-reactive ketones (excluding diaryl/α,β-unsaturated/α-hetero) is 1. The van der Waals surface area contributed by atoms with Crippen LogP contribution in [-0.4, -0.2) is 35.9 Å². The van der Waals surface area contributed by atoms with E-state index in [1.54, 1.807) is 6.08 Å². The second kappa shape index (κ2) is 8.12. The maximum absolute atomic E-state index is 13.2. The number of hydrogen-bond acceptors (Lipinski definition) is 3. The second-order valence-electron chi connectivity index (χ2n) is 11.4. The zero-order valence-electron chi connectivity index (χ0n) is 19.8. The van der Waals surface area contributed by atoms with Gasteiger partial charge in [-0.2, -0.15) is 13.2 Å². The zero-order chi connectivity index (χ0) is 24.3. The second-order valence-corrected chi connectivity index (χ2v) is 11.4. The SMILES string of the molecule is CC(=O)C(NC(=O)C1=C[C@@]2(C)C(CC[C@@H]3[C@H]2CC[C@]2(C)CCC[C@@H]32)NC1=O)C(C)C(F)(F)F. The highest BCUT2D eigenvalue weighted by atomic mass is 19.4. The fourth-order valence-corrected chi connectivity index (χ4v) is 7.59. The first kappa shape index (κ1) is 24.3. The maximum atomic E-state index is 13.2. The third-order valence-corrected chi connectivity index (χ3v) is 9.55. The molecule has 4 rings (SSSR count). The Kier molecular flexibility index (Phi) is 5.97. The van der Waals surface area contributed by atoms with Gasteiger partial charge < -0.3 is 10.6 Å². The summed E-state index contributed by atoms with van der Waals surface area (Å²) in [5.74, 6) is -2.84. The Balaban J connectivity index is 1.62. The average Bonchev–Trinajstić information content (AvgIpc) is 3.12. The van der Waals surface area contributed by atoms with Gasteiger partial charge in [-0.15, -0.1) is 0 Å². The first-order chi connectivity index (χ1) is 15.3. The molecule has 3 saturated carbocycles. The molecule has 0 aromatic carbocycles. The predicted molar refractivity (Wildman–Crippen MR) is 117 cm³/mol. The van der Waals surface area contributed by atoms with Crippen molar-refractivity contribution >= 4 is 17.6 Å². The molecule has 0 bridgehead atoms. The van der Waals surface area contributed by atoms with E-state index in [9.17, 15) is 27.6 Å². The van der Waals surface area contributed by atoms with E-state index in [0.29, 0.717) is 23.2 Å². The lowest BCUT2D eigenvalue weighted by molar-refractivity contribution is -0.180. The number of carbonyl (C=O) groups is 3. The van der Waals surface area contributed by atoms with Crippen LogP contribution in [0.3, 0.4) is 0 Å². The molecule has 0 spiro atoms. The van der Waals surface area contributed by atoms with Crippen molar-refractivity contribution in [3.63, 3.8) is 0 Å². The fourth-order valence-electron chi connectivity index (χ4n) is 7.59. The molecular formula is C25H35F3N2O3. The molecule has 5 nitrogen and oxygen atoms in total. The Bertz CT molecular complexity index is 885. The molecule has 2 N–H and O–H groups in total. The highest BCUT2D eigenvalue weighted by molar-refractivity contribution is 6.19. The van der Waals surface area contributed by atoms with Crippen LogP contribution in [0, 0.1) is 34.5 Å². The lowest BCUT2D eigenvalue weighted by Gasteiger charge is -2.58. The fraction of sp³-hybridized carbons (Fsp3) is 0.800. The minimum atomic E-state index is -4.64. The van der Waals surface area contributed by atoms with Crippen LogP contribution in [-0.2, 0) is 14.4 Å². The standard InChI is InChI=1S/C25H35F3N2O3/c1-13(25(26,27)28)20(14(2)31)30-22(33)16-12-24(4)18-9-11-23(3)10-5-6-17(23)15(18)7-8-19(24)29-21(16)32/h12-13,15,17-20H,5-11H2,1-4H3,(H,29,32)(H,30,33)/t13?,15-,17-,18+,19?,20?,23-,24+/m0/s1. The summed E-state index contributed by atoms with van der Waals surface area (Å²) in [6.45, 7) is 6.37. The van der Waals surface area contributed by atoms with Crippen LogP contribution >= 0.6 is 0 Å². The number of hydrogen-bond donors (Lipinski definition) is 2.